The molecular formula is C14H15ClN2O4S. The molecule has 0 heterocycles. The van der Waals surface area contributed by atoms with Crippen molar-refractivity contribution in [3.05, 3.63) is 48.5 Å². The summed E-state index contributed by atoms with van der Waals surface area (Å²) in [6.45, 7) is -0.232. The zero-order chi connectivity index (χ0) is 15.5. The fourth-order valence-corrected chi connectivity index (χ4v) is 2.97. The van der Waals surface area contributed by atoms with Crippen molar-refractivity contribution in [3.63, 3.8) is 0 Å². The Balaban J connectivity index is 0.00000242. The van der Waals surface area contributed by atoms with Crippen LogP contribution < -0.4 is 11.1 Å². The molecule has 0 aliphatic carbocycles. The maximum Gasteiger partial charge on any atom is 0.322 e. The van der Waals surface area contributed by atoms with Crippen molar-refractivity contribution in [2.75, 3.05) is 17.6 Å². The molecule has 0 bridgehead atoms. The topological polar surface area (TPSA) is 109 Å². The van der Waals surface area contributed by atoms with Crippen molar-refractivity contribution >= 4 is 39.6 Å². The van der Waals surface area contributed by atoms with Crippen LogP contribution in [0.2, 0.25) is 0 Å². The second-order valence-corrected chi connectivity index (χ2v) is 6.29. The van der Waals surface area contributed by atoms with Gasteiger partial charge in [0.1, 0.15) is 6.54 Å². The SMILES string of the molecule is Cl.Nc1ccc(S(=O)(=O)c2ccc(NCC(=O)O)cc2)cc1. The van der Waals surface area contributed by atoms with E-state index in [1.54, 1.807) is 0 Å². The van der Waals surface area contributed by atoms with Gasteiger partial charge in [0.05, 0.1) is 9.79 Å². The highest BCUT2D eigenvalue weighted by molar-refractivity contribution is 7.91. The van der Waals surface area contributed by atoms with Gasteiger partial charge in [-0.05, 0) is 48.5 Å². The van der Waals surface area contributed by atoms with Gasteiger partial charge in [0.25, 0.3) is 0 Å². The summed E-state index contributed by atoms with van der Waals surface area (Å²) in [4.78, 5) is 10.7. The lowest BCUT2D eigenvalue weighted by Gasteiger charge is -2.07. The summed E-state index contributed by atoms with van der Waals surface area (Å²) in [6.07, 6.45) is 0. The summed E-state index contributed by atoms with van der Waals surface area (Å²) < 4.78 is 24.7. The van der Waals surface area contributed by atoms with Crippen molar-refractivity contribution in [1.29, 1.82) is 0 Å². The molecule has 0 unspecified atom stereocenters. The fraction of sp³-hybridized carbons (Fsp3) is 0.0714. The van der Waals surface area contributed by atoms with Crippen LogP contribution in [0.1, 0.15) is 0 Å². The molecule has 0 radical (unpaired) electrons. The number of anilines is 2. The average molecular weight is 343 g/mol. The Bertz CT molecular complexity index is 743. The molecule has 0 fully saturated rings. The molecule has 0 aliphatic heterocycles. The van der Waals surface area contributed by atoms with Crippen LogP contribution in [-0.2, 0) is 14.6 Å². The lowest BCUT2D eigenvalue weighted by atomic mass is 10.3. The molecule has 0 atom stereocenters. The molecule has 0 saturated heterocycles. The molecule has 8 heteroatoms. The summed E-state index contributed by atoms with van der Waals surface area (Å²) in [5.74, 6) is -0.992. The summed E-state index contributed by atoms with van der Waals surface area (Å²) in [7, 11) is -3.60. The minimum atomic E-state index is -3.60. The zero-order valence-electron chi connectivity index (χ0n) is 11.4. The third kappa shape index (κ3) is 4.12. The molecule has 118 valence electrons. The van der Waals surface area contributed by atoms with Gasteiger partial charge in [0.2, 0.25) is 9.84 Å². The van der Waals surface area contributed by atoms with Crippen LogP contribution in [0.15, 0.2) is 58.3 Å². The summed E-state index contributed by atoms with van der Waals surface area (Å²) in [5, 5.41) is 11.2. The van der Waals surface area contributed by atoms with Crippen LogP contribution in [0.5, 0.6) is 0 Å². The van der Waals surface area contributed by atoms with E-state index >= 15 is 0 Å². The highest BCUT2D eigenvalue weighted by Crippen LogP contribution is 2.23. The molecule has 6 nitrogen and oxygen atoms in total. The number of carboxylic acids is 1. The summed E-state index contributed by atoms with van der Waals surface area (Å²) >= 11 is 0. The predicted octanol–water partition coefficient (Wildman–Crippen LogP) is 2.02. The molecule has 22 heavy (non-hydrogen) atoms. The molecular weight excluding hydrogens is 328 g/mol. The normalized spacial score (nSPS) is 10.5. The second kappa shape index (κ2) is 7.15. The van der Waals surface area contributed by atoms with E-state index in [1.807, 2.05) is 0 Å². The molecule has 2 aromatic carbocycles. The summed E-state index contributed by atoms with van der Waals surface area (Å²) in [5.41, 5.74) is 6.56. The van der Waals surface area contributed by atoms with Crippen LogP contribution in [0.25, 0.3) is 0 Å². The molecule has 2 rings (SSSR count). The Morgan fingerprint density at radius 2 is 1.45 bits per heavy atom. The first-order chi connectivity index (χ1) is 9.89. The van der Waals surface area contributed by atoms with E-state index in [9.17, 15) is 13.2 Å². The molecule has 2 aromatic rings. The number of carboxylic acid groups (broad SMARTS) is 1. The van der Waals surface area contributed by atoms with Gasteiger partial charge < -0.3 is 16.2 Å². The molecule has 4 N–H and O–H groups in total. The van der Waals surface area contributed by atoms with E-state index in [-0.39, 0.29) is 28.7 Å². The number of benzene rings is 2. The first-order valence-electron chi connectivity index (χ1n) is 6.06. The number of hydrogen-bond donors (Lipinski definition) is 3. The molecule has 0 spiro atoms. The first-order valence-corrected chi connectivity index (χ1v) is 7.54. The van der Waals surface area contributed by atoms with Crippen LogP contribution in [0.3, 0.4) is 0 Å². The van der Waals surface area contributed by atoms with E-state index in [0.717, 1.165) is 0 Å². The van der Waals surface area contributed by atoms with Crippen LogP contribution in [0.4, 0.5) is 11.4 Å². The highest BCUT2D eigenvalue weighted by atomic mass is 35.5. The van der Waals surface area contributed by atoms with Crippen LogP contribution in [-0.4, -0.2) is 26.0 Å². The minimum absolute atomic E-state index is 0. The van der Waals surface area contributed by atoms with Gasteiger partial charge in [-0.2, -0.15) is 0 Å². The number of nitrogen functional groups attached to an aromatic ring is 1. The van der Waals surface area contributed by atoms with Crippen LogP contribution in [0, 0.1) is 0 Å². The lowest BCUT2D eigenvalue weighted by molar-refractivity contribution is -0.134. The van der Waals surface area contributed by atoms with E-state index in [2.05, 4.69) is 5.32 Å². The number of carbonyl (C=O) groups is 1. The van der Waals surface area contributed by atoms with E-state index in [4.69, 9.17) is 10.8 Å². The van der Waals surface area contributed by atoms with Crippen molar-refractivity contribution in [1.82, 2.24) is 0 Å². The van der Waals surface area contributed by atoms with E-state index < -0.39 is 15.8 Å². The van der Waals surface area contributed by atoms with E-state index in [1.165, 1.54) is 48.5 Å². The number of aliphatic carboxylic acids is 1. The van der Waals surface area contributed by atoms with Gasteiger partial charge in [-0.3, -0.25) is 4.79 Å². The lowest BCUT2D eigenvalue weighted by Crippen LogP contribution is -2.12. The number of hydrogen-bond acceptors (Lipinski definition) is 5. The third-order valence-electron chi connectivity index (χ3n) is 2.80. The third-order valence-corrected chi connectivity index (χ3v) is 4.58. The number of rotatable bonds is 5. The maximum atomic E-state index is 12.4. The van der Waals surface area contributed by atoms with Crippen molar-refractivity contribution < 1.29 is 18.3 Å². The van der Waals surface area contributed by atoms with Crippen molar-refractivity contribution in [2.45, 2.75) is 9.79 Å². The van der Waals surface area contributed by atoms with Gasteiger partial charge >= 0.3 is 5.97 Å². The number of nitrogens with one attached hydrogen (secondary N) is 1. The largest absolute Gasteiger partial charge is 0.480 e. The van der Waals surface area contributed by atoms with Crippen molar-refractivity contribution in [3.8, 4) is 0 Å². The van der Waals surface area contributed by atoms with Gasteiger partial charge in [0, 0.05) is 11.4 Å². The standard InChI is InChI=1S/C14H14N2O4S.ClH/c15-10-1-5-12(6-2-10)21(19,20)13-7-3-11(4-8-13)16-9-14(17)18;/h1-8,16H,9,15H2,(H,17,18);1H. The smallest absolute Gasteiger partial charge is 0.322 e. The Hall–Kier alpha value is -2.25. The molecule has 0 aromatic heterocycles. The second-order valence-electron chi connectivity index (χ2n) is 4.34. The number of sulfone groups is 1. The van der Waals surface area contributed by atoms with E-state index in [0.29, 0.717) is 11.4 Å². The maximum absolute atomic E-state index is 12.4. The van der Waals surface area contributed by atoms with Crippen LogP contribution >= 0.6 is 12.4 Å². The Kier molecular flexibility index (Phi) is 5.78. The monoisotopic (exact) mass is 342 g/mol. The quantitative estimate of drug-likeness (QED) is 0.717. The van der Waals surface area contributed by atoms with Gasteiger partial charge in [-0.1, -0.05) is 0 Å². The Morgan fingerprint density at radius 1 is 1.00 bits per heavy atom. The molecule has 0 saturated carbocycles. The molecule has 0 amide bonds. The first kappa shape index (κ1) is 17.8. The zero-order valence-corrected chi connectivity index (χ0v) is 13.0. The van der Waals surface area contributed by atoms with Gasteiger partial charge in [0.15, 0.2) is 0 Å². The van der Waals surface area contributed by atoms with Gasteiger partial charge in [-0.25, -0.2) is 8.42 Å². The molecule has 0 aliphatic rings. The highest BCUT2D eigenvalue weighted by Gasteiger charge is 2.17. The number of halogens is 1. The minimum Gasteiger partial charge on any atom is -0.480 e. The van der Waals surface area contributed by atoms with Crippen molar-refractivity contribution in [2.24, 2.45) is 0 Å². The average Bonchev–Trinajstić information content (AvgIpc) is 2.46. The number of nitrogens with two attached hydrogens (primary N) is 1. The summed E-state index contributed by atoms with van der Waals surface area (Å²) in [6, 6.07) is 11.8. The van der Waals surface area contributed by atoms with Gasteiger partial charge in [-0.15, -0.1) is 12.4 Å². The Labute approximate surface area is 134 Å². The Morgan fingerprint density at radius 3 is 1.91 bits per heavy atom. The predicted molar refractivity (Wildman–Crippen MR) is 86.1 cm³/mol. The fourth-order valence-electron chi connectivity index (χ4n) is 1.71.